The highest BCUT2D eigenvalue weighted by Crippen LogP contribution is 2.45. The summed E-state index contributed by atoms with van der Waals surface area (Å²) in [4.78, 5) is 30.8. The SMILES string of the molecule is CC[C@H]1C(=O)C(C)(C)[C@@H](O)CC(=O)O[C@H](/C(Cl)=C\c2csc(CN)n2)C[C@@H]2O[C@]2(C)CCC[C@H](C)[C@@H]1O. The van der Waals surface area contributed by atoms with Crippen molar-refractivity contribution in [3.8, 4) is 0 Å². The van der Waals surface area contributed by atoms with Crippen LogP contribution in [-0.4, -0.2) is 57.0 Å². The number of halogens is 1. The lowest BCUT2D eigenvalue weighted by Crippen LogP contribution is -2.46. The lowest BCUT2D eigenvalue weighted by molar-refractivity contribution is -0.154. The second-order valence-electron chi connectivity index (χ2n) is 11.2. The number of cyclic esters (lactones) is 1. The van der Waals surface area contributed by atoms with Crippen LogP contribution in [0.2, 0.25) is 0 Å². The van der Waals surface area contributed by atoms with E-state index < -0.39 is 35.6 Å². The summed E-state index contributed by atoms with van der Waals surface area (Å²) in [5, 5.41) is 24.9. The topological polar surface area (TPSA) is 135 Å². The Bertz CT molecular complexity index is 997. The molecule has 0 bridgehead atoms. The van der Waals surface area contributed by atoms with Gasteiger partial charge in [0.2, 0.25) is 0 Å². The molecule has 7 atom stereocenters. The summed E-state index contributed by atoms with van der Waals surface area (Å²) >= 11 is 8.07. The minimum absolute atomic E-state index is 0.0952. The van der Waals surface area contributed by atoms with Crippen molar-refractivity contribution in [2.45, 2.75) is 110 Å². The third-order valence-corrected chi connectivity index (χ3v) is 9.25. The number of carbonyl (C=O) groups excluding carboxylic acids is 2. The maximum atomic E-state index is 13.4. The Balaban J connectivity index is 1.87. The second-order valence-corrected chi connectivity index (χ2v) is 12.6. The highest BCUT2D eigenvalue weighted by Gasteiger charge is 2.53. The molecule has 2 saturated heterocycles. The number of thiazole rings is 1. The minimum Gasteiger partial charge on any atom is -0.456 e. The van der Waals surface area contributed by atoms with Crippen molar-refractivity contribution in [2.75, 3.05) is 0 Å². The van der Waals surface area contributed by atoms with Gasteiger partial charge in [0.25, 0.3) is 0 Å². The maximum absolute atomic E-state index is 13.4. The number of hydrogen-bond acceptors (Lipinski definition) is 9. The number of aliphatic hydroxyl groups is 2. The quantitative estimate of drug-likeness (QED) is 0.371. The van der Waals surface area contributed by atoms with Gasteiger partial charge in [-0.15, -0.1) is 11.3 Å². The largest absolute Gasteiger partial charge is 0.456 e. The first-order valence-corrected chi connectivity index (χ1v) is 14.4. The monoisotopic (exact) mass is 556 g/mol. The second kappa shape index (κ2) is 12.2. The van der Waals surface area contributed by atoms with E-state index in [1.165, 1.54) is 11.3 Å². The number of Topliss-reactive ketones (excluding diaryl/α,β-unsaturated/α-hetero) is 1. The highest BCUT2D eigenvalue weighted by atomic mass is 35.5. The summed E-state index contributed by atoms with van der Waals surface area (Å²) in [5.74, 6) is -1.65. The van der Waals surface area contributed by atoms with E-state index in [1.807, 2.05) is 26.2 Å². The number of ether oxygens (including phenoxy) is 2. The van der Waals surface area contributed by atoms with Gasteiger partial charge >= 0.3 is 5.97 Å². The van der Waals surface area contributed by atoms with E-state index in [1.54, 1.807) is 19.9 Å². The van der Waals surface area contributed by atoms with Gasteiger partial charge in [0, 0.05) is 24.3 Å². The van der Waals surface area contributed by atoms with Crippen molar-refractivity contribution < 1.29 is 29.3 Å². The molecule has 1 aromatic heterocycles. The number of ketones is 1. The first-order valence-electron chi connectivity index (χ1n) is 13.1. The summed E-state index contributed by atoms with van der Waals surface area (Å²) in [6.45, 7) is 9.38. The fourth-order valence-electron chi connectivity index (χ4n) is 5.13. The number of nitrogens with two attached hydrogens (primary N) is 1. The first-order chi connectivity index (χ1) is 17.3. The smallest absolute Gasteiger partial charge is 0.309 e. The molecular weight excluding hydrogens is 516 g/mol. The Morgan fingerprint density at radius 2 is 2.03 bits per heavy atom. The maximum Gasteiger partial charge on any atom is 0.309 e. The zero-order valence-corrected chi connectivity index (χ0v) is 24.0. The number of hydrogen-bond donors (Lipinski definition) is 3. The summed E-state index contributed by atoms with van der Waals surface area (Å²) in [5.41, 5.74) is 4.67. The van der Waals surface area contributed by atoms with Gasteiger partial charge in [0.15, 0.2) is 0 Å². The van der Waals surface area contributed by atoms with Crippen LogP contribution in [0, 0.1) is 17.3 Å². The van der Waals surface area contributed by atoms with Gasteiger partial charge in [0.05, 0.1) is 46.5 Å². The number of fused-ring (bicyclic) bond motifs is 1. The molecule has 0 radical (unpaired) electrons. The van der Waals surface area contributed by atoms with Crippen LogP contribution in [0.25, 0.3) is 6.08 Å². The van der Waals surface area contributed by atoms with Crippen molar-refractivity contribution in [3.63, 3.8) is 0 Å². The number of aromatic nitrogens is 1. The molecule has 10 heteroatoms. The fourth-order valence-corrected chi connectivity index (χ4v) is 6.00. The number of aliphatic hydroxyl groups excluding tert-OH is 2. The predicted molar refractivity (Wildman–Crippen MR) is 144 cm³/mol. The molecular formula is C27H41ClN2O6S. The molecule has 3 heterocycles. The summed E-state index contributed by atoms with van der Waals surface area (Å²) < 4.78 is 11.8. The van der Waals surface area contributed by atoms with Gasteiger partial charge in [-0.05, 0) is 38.2 Å². The van der Waals surface area contributed by atoms with Gasteiger partial charge in [-0.25, -0.2) is 4.98 Å². The van der Waals surface area contributed by atoms with Crippen LogP contribution in [-0.2, 0) is 25.6 Å². The van der Waals surface area contributed by atoms with Crippen LogP contribution in [0.15, 0.2) is 10.4 Å². The molecule has 1 aromatic rings. The first kappa shape index (κ1) is 30.2. The van der Waals surface area contributed by atoms with Crippen molar-refractivity contribution in [1.29, 1.82) is 0 Å². The van der Waals surface area contributed by atoms with Crippen LogP contribution in [0.3, 0.4) is 0 Å². The number of rotatable bonds is 4. The molecule has 3 rings (SSSR count). The molecule has 2 aliphatic heterocycles. The van der Waals surface area contributed by atoms with Crippen LogP contribution >= 0.6 is 22.9 Å². The van der Waals surface area contributed by atoms with E-state index >= 15 is 0 Å². The van der Waals surface area contributed by atoms with Crippen LogP contribution < -0.4 is 5.73 Å². The van der Waals surface area contributed by atoms with Crippen LogP contribution in [0.4, 0.5) is 0 Å². The molecule has 2 fully saturated rings. The standard InChI is InChI=1S/C27H41ClN2O6S/c1-6-17-24(33)15(2)8-7-9-27(5)21(36-27)11-19(18(28)10-16-14-37-22(13-29)30-16)35-23(32)12-20(31)26(3,4)25(17)34/h10,14-15,17,19-21,24,31,33H,6-9,11-13,29H2,1-5H3/b18-10+/t15-,17+,19-,20-,21-,24-,27+/m0/s1. The zero-order chi connectivity index (χ0) is 27.5. The van der Waals surface area contributed by atoms with Crippen molar-refractivity contribution in [1.82, 2.24) is 4.98 Å². The number of nitrogens with zero attached hydrogens (tertiary/aromatic N) is 1. The van der Waals surface area contributed by atoms with Gasteiger partial charge in [-0.3, -0.25) is 9.59 Å². The molecule has 0 saturated carbocycles. The van der Waals surface area contributed by atoms with Crippen molar-refractivity contribution in [3.05, 3.63) is 21.1 Å². The lowest BCUT2D eigenvalue weighted by Gasteiger charge is -2.35. The van der Waals surface area contributed by atoms with Gasteiger partial charge in [-0.1, -0.05) is 45.7 Å². The van der Waals surface area contributed by atoms with E-state index in [2.05, 4.69) is 4.98 Å². The minimum atomic E-state index is -1.28. The molecule has 37 heavy (non-hydrogen) atoms. The Hall–Kier alpha value is -1.36. The fraction of sp³-hybridized carbons (Fsp3) is 0.741. The number of carbonyl (C=O) groups is 2. The summed E-state index contributed by atoms with van der Waals surface area (Å²) in [6, 6.07) is 0. The molecule has 2 aliphatic rings. The average Bonchev–Trinajstić information content (AvgIpc) is 3.24. The molecule has 4 N–H and O–H groups in total. The Labute approximate surface area is 228 Å². The predicted octanol–water partition coefficient (Wildman–Crippen LogP) is 4.19. The summed E-state index contributed by atoms with van der Waals surface area (Å²) in [7, 11) is 0. The Morgan fingerprint density at radius 1 is 1.32 bits per heavy atom. The molecule has 8 nitrogen and oxygen atoms in total. The third-order valence-electron chi connectivity index (χ3n) is 8.01. The van der Waals surface area contributed by atoms with Gasteiger partial charge < -0.3 is 25.4 Å². The zero-order valence-electron chi connectivity index (χ0n) is 22.4. The molecule has 0 aromatic carbocycles. The van der Waals surface area contributed by atoms with E-state index in [0.29, 0.717) is 30.1 Å². The van der Waals surface area contributed by atoms with Crippen LogP contribution in [0.1, 0.15) is 83.8 Å². The molecule has 0 unspecified atom stereocenters. The Morgan fingerprint density at radius 3 is 2.65 bits per heavy atom. The van der Waals surface area contributed by atoms with E-state index in [9.17, 15) is 19.8 Å². The molecule has 0 amide bonds. The Kier molecular flexibility index (Phi) is 9.97. The average molecular weight is 557 g/mol. The van der Waals surface area contributed by atoms with E-state index in [0.717, 1.165) is 24.3 Å². The van der Waals surface area contributed by atoms with Crippen LogP contribution in [0.5, 0.6) is 0 Å². The van der Waals surface area contributed by atoms with Crippen molar-refractivity contribution >= 4 is 40.8 Å². The molecule has 208 valence electrons. The normalized spacial score (nSPS) is 36.1. The van der Waals surface area contributed by atoms with Crippen molar-refractivity contribution in [2.24, 2.45) is 23.0 Å². The lowest BCUT2D eigenvalue weighted by atomic mass is 9.71. The van der Waals surface area contributed by atoms with Gasteiger partial charge in [-0.2, -0.15) is 0 Å². The molecule has 0 spiro atoms. The molecule has 0 aliphatic carbocycles. The summed E-state index contributed by atoms with van der Waals surface area (Å²) in [6.07, 6.45) is 1.37. The van der Waals surface area contributed by atoms with E-state index in [4.69, 9.17) is 26.8 Å². The third kappa shape index (κ3) is 7.19. The number of epoxide rings is 1. The van der Waals surface area contributed by atoms with E-state index in [-0.39, 0.29) is 29.8 Å². The van der Waals surface area contributed by atoms with Gasteiger partial charge in [0.1, 0.15) is 16.9 Å². The highest BCUT2D eigenvalue weighted by molar-refractivity contribution is 7.09. The number of esters is 1.